The molecule has 0 spiro atoms. The highest BCUT2D eigenvalue weighted by Gasteiger charge is 2.51. The Hall–Kier alpha value is -4.81. The molecule has 1 aliphatic carbocycles. The minimum Gasteiger partial charge on any atom is -0.508 e. The molecule has 58 heavy (non-hydrogen) atoms. The molecule has 2 aliphatic heterocycles. The van der Waals surface area contributed by atoms with Crippen molar-refractivity contribution in [2.75, 3.05) is 11.5 Å². The Bertz CT molecular complexity index is 2050. The molecule has 1 saturated carbocycles. The quantitative estimate of drug-likeness (QED) is 0.0938. The monoisotopic (exact) mass is 803 g/mol. The molecule has 7 rings (SSSR count). The number of aliphatic carboxylic acids is 1. The minimum absolute atomic E-state index is 0.0695. The van der Waals surface area contributed by atoms with Crippen LogP contribution in [0.2, 0.25) is 0 Å². The standard InChI is InChI=1S/C43H46FNO13/c44-26-13-10-23(11-14-26)32(57-43-39(53)37(51)38(52)40(58-43)42(55)56)17-16-29-33(45(41(29)54)27-4-2-1-3-5-27)28-15-12-24(19-31(28)47)21-6-8-22(9-7-21)30-18-25(20-46)34(48)36(50)35(30)49/h1-15,19,25,29-30,32-40,43,46-53H,16-18,20H2,(H,55,56)/t25-,29-,30?,32+,33-,34-,35+,36+,37+,38+,39?,40?,43-/m1/s1. The highest BCUT2D eigenvalue weighted by molar-refractivity contribution is 6.03. The minimum atomic E-state index is -1.94. The number of hydrogen-bond donors (Lipinski definition) is 9. The van der Waals surface area contributed by atoms with Crippen LogP contribution in [-0.2, 0) is 19.1 Å². The van der Waals surface area contributed by atoms with Crippen molar-refractivity contribution in [1.29, 1.82) is 0 Å². The van der Waals surface area contributed by atoms with Crippen LogP contribution in [0, 0.1) is 17.7 Å². The zero-order chi connectivity index (χ0) is 41.4. The van der Waals surface area contributed by atoms with E-state index in [4.69, 9.17) is 9.47 Å². The first-order valence-electron chi connectivity index (χ1n) is 19.1. The van der Waals surface area contributed by atoms with Crippen molar-refractivity contribution in [3.63, 3.8) is 0 Å². The summed E-state index contributed by atoms with van der Waals surface area (Å²) in [4.78, 5) is 27.3. The number of nitrogens with zero attached hydrogens (tertiary/aromatic N) is 1. The van der Waals surface area contributed by atoms with Gasteiger partial charge in [-0.15, -0.1) is 0 Å². The lowest BCUT2D eigenvalue weighted by Crippen LogP contribution is -2.60. The first-order valence-corrected chi connectivity index (χ1v) is 19.1. The van der Waals surface area contributed by atoms with Crippen molar-refractivity contribution in [1.82, 2.24) is 0 Å². The Morgan fingerprint density at radius 3 is 2.10 bits per heavy atom. The molecule has 4 aromatic rings. The van der Waals surface area contributed by atoms with Crippen molar-refractivity contribution in [2.24, 2.45) is 11.8 Å². The van der Waals surface area contributed by atoms with Gasteiger partial charge in [0.05, 0.1) is 30.3 Å². The maximum absolute atomic E-state index is 14.0. The molecule has 0 aromatic heterocycles. The number of carbonyl (C=O) groups excluding carboxylic acids is 1. The van der Waals surface area contributed by atoms with Crippen LogP contribution in [0.25, 0.3) is 11.1 Å². The Balaban J connectivity index is 1.14. The molecule has 4 aromatic carbocycles. The second-order valence-electron chi connectivity index (χ2n) is 15.2. The highest BCUT2D eigenvalue weighted by Crippen LogP contribution is 2.49. The van der Waals surface area contributed by atoms with E-state index < -0.39 is 90.7 Å². The highest BCUT2D eigenvalue weighted by atomic mass is 19.1. The zero-order valence-corrected chi connectivity index (χ0v) is 31.1. The Kier molecular flexibility index (Phi) is 12.3. The van der Waals surface area contributed by atoms with E-state index >= 15 is 0 Å². The molecule has 0 bridgehead atoms. The SMILES string of the molecule is O=C(O)C1O[C@@H](O[C@@H](CC[C@H]2C(=O)N(c3ccccc3)[C@@H]2c2ccc(-c3ccc(C4C[C@H](CO)[C@@H](O)[C@H](O)[C@H]4O)cc3)cc2O)c2ccc(F)cc2)C(O)[C@@H](O)[C@@H]1O. The summed E-state index contributed by atoms with van der Waals surface area (Å²) in [5.74, 6) is -4.30. The number of carboxylic acids is 1. The van der Waals surface area contributed by atoms with E-state index in [9.17, 15) is 59.9 Å². The van der Waals surface area contributed by atoms with Gasteiger partial charge in [-0.2, -0.15) is 0 Å². The number of benzene rings is 4. The summed E-state index contributed by atoms with van der Waals surface area (Å²) in [5, 5.41) is 93.4. The summed E-state index contributed by atoms with van der Waals surface area (Å²) in [5.41, 5.74) is 3.54. The molecule has 0 radical (unpaired) electrons. The number of carboxylic acid groups (broad SMARTS) is 1. The summed E-state index contributed by atoms with van der Waals surface area (Å²) >= 11 is 0. The summed E-state index contributed by atoms with van der Waals surface area (Å²) < 4.78 is 25.4. The third-order valence-electron chi connectivity index (χ3n) is 11.7. The number of carbonyl (C=O) groups is 2. The fourth-order valence-corrected chi connectivity index (χ4v) is 8.45. The predicted octanol–water partition coefficient (Wildman–Crippen LogP) is 2.51. The number of aliphatic hydroxyl groups excluding tert-OH is 7. The van der Waals surface area contributed by atoms with Crippen molar-refractivity contribution < 1.29 is 69.4 Å². The molecular formula is C43H46FNO13. The number of amides is 1. The predicted molar refractivity (Wildman–Crippen MR) is 203 cm³/mol. The van der Waals surface area contributed by atoms with Crippen LogP contribution in [0.1, 0.15) is 54.0 Å². The molecule has 14 nitrogen and oxygen atoms in total. The number of anilines is 1. The Morgan fingerprint density at radius 1 is 0.810 bits per heavy atom. The van der Waals surface area contributed by atoms with E-state index in [1.807, 2.05) is 0 Å². The van der Waals surface area contributed by atoms with Gasteiger partial charge in [-0.25, -0.2) is 9.18 Å². The maximum atomic E-state index is 14.0. The van der Waals surface area contributed by atoms with Crippen LogP contribution < -0.4 is 4.90 Å². The molecule has 3 aliphatic rings. The number of hydrogen-bond acceptors (Lipinski definition) is 12. The Labute approximate surface area is 332 Å². The van der Waals surface area contributed by atoms with Gasteiger partial charge in [-0.3, -0.25) is 4.79 Å². The fourth-order valence-electron chi connectivity index (χ4n) is 8.45. The molecule has 3 fully saturated rings. The molecule has 9 N–H and O–H groups in total. The van der Waals surface area contributed by atoms with E-state index in [1.54, 1.807) is 77.7 Å². The van der Waals surface area contributed by atoms with Crippen LogP contribution in [0.3, 0.4) is 0 Å². The normalized spacial score (nSPS) is 31.7. The van der Waals surface area contributed by atoms with Gasteiger partial charge in [-0.05, 0) is 71.8 Å². The number of aliphatic hydroxyl groups is 7. The average Bonchev–Trinajstić information content (AvgIpc) is 3.22. The van der Waals surface area contributed by atoms with E-state index in [0.717, 1.165) is 5.56 Å². The van der Waals surface area contributed by atoms with Gasteiger partial charge in [0.25, 0.3) is 0 Å². The van der Waals surface area contributed by atoms with Crippen LogP contribution in [-0.4, -0.2) is 113 Å². The molecule has 308 valence electrons. The maximum Gasteiger partial charge on any atom is 0.335 e. The van der Waals surface area contributed by atoms with Gasteiger partial charge >= 0.3 is 5.97 Å². The van der Waals surface area contributed by atoms with Crippen LogP contribution in [0.4, 0.5) is 10.1 Å². The molecular weight excluding hydrogens is 757 g/mol. The number of rotatable bonds is 12. The summed E-state index contributed by atoms with van der Waals surface area (Å²) in [7, 11) is 0. The molecule has 2 heterocycles. The van der Waals surface area contributed by atoms with E-state index in [0.29, 0.717) is 27.9 Å². The zero-order valence-electron chi connectivity index (χ0n) is 31.1. The average molecular weight is 804 g/mol. The van der Waals surface area contributed by atoms with Crippen molar-refractivity contribution >= 4 is 17.6 Å². The lowest BCUT2D eigenvalue weighted by atomic mass is 9.73. The molecule has 3 unspecified atom stereocenters. The van der Waals surface area contributed by atoms with Gasteiger partial charge in [-0.1, -0.05) is 66.7 Å². The molecule has 13 atom stereocenters. The summed E-state index contributed by atoms with van der Waals surface area (Å²) in [6.45, 7) is -0.339. The largest absolute Gasteiger partial charge is 0.508 e. The number of aromatic hydroxyl groups is 1. The second kappa shape index (κ2) is 17.2. The van der Waals surface area contributed by atoms with E-state index in [1.165, 1.54) is 24.3 Å². The topological polar surface area (TPSA) is 238 Å². The number of halogens is 1. The van der Waals surface area contributed by atoms with E-state index in [2.05, 4.69) is 0 Å². The van der Waals surface area contributed by atoms with Gasteiger partial charge in [0.15, 0.2) is 12.4 Å². The number of ether oxygens (including phenoxy) is 2. The van der Waals surface area contributed by atoms with Crippen LogP contribution in [0.5, 0.6) is 5.75 Å². The first kappa shape index (κ1) is 41.4. The number of phenols is 1. The third kappa shape index (κ3) is 7.97. The lowest BCUT2D eigenvalue weighted by molar-refractivity contribution is -0.306. The van der Waals surface area contributed by atoms with Gasteiger partial charge in [0, 0.05) is 29.7 Å². The van der Waals surface area contributed by atoms with Crippen LogP contribution >= 0.6 is 0 Å². The first-order chi connectivity index (χ1) is 27.8. The Morgan fingerprint density at radius 2 is 1.47 bits per heavy atom. The number of phenolic OH excluding ortho intramolecular Hbond substituents is 1. The van der Waals surface area contributed by atoms with Gasteiger partial charge < -0.3 is 60.3 Å². The molecule has 1 amide bonds. The molecule has 2 saturated heterocycles. The third-order valence-corrected chi connectivity index (χ3v) is 11.7. The number of para-hydroxylation sites is 1. The van der Waals surface area contributed by atoms with Gasteiger partial charge in [0.1, 0.15) is 36.0 Å². The lowest BCUT2D eigenvalue weighted by Gasteiger charge is -2.48. The van der Waals surface area contributed by atoms with Crippen LogP contribution in [0.15, 0.2) is 97.1 Å². The van der Waals surface area contributed by atoms with Gasteiger partial charge in [0.2, 0.25) is 5.91 Å². The van der Waals surface area contributed by atoms with Crippen molar-refractivity contribution in [3.05, 3.63) is 120 Å². The van der Waals surface area contributed by atoms with Crippen molar-refractivity contribution in [2.45, 2.75) is 86.3 Å². The number of β-lactam (4-membered cyclic amide) rings is 1. The fraction of sp³-hybridized carbons (Fsp3) is 0.395. The smallest absolute Gasteiger partial charge is 0.335 e. The second-order valence-corrected chi connectivity index (χ2v) is 15.2. The molecule has 15 heteroatoms. The van der Waals surface area contributed by atoms with E-state index in [-0.39, 0.29) is 37.5 Å². The van der Waals surface area contributed by atoms with Crippen molar-refractivity contribution in [3.8, 4) is 16.9 Å². The summed E-state index contributed by atoms with van der Waals surface area (Å²) in [6.07, 6.45) is -13.7. The summed E-state index contributed by atoms with van der Waals surface area (Å²) in [6, 6.07) is 25.8.